The Balaban J connectivity index is 1.35. The van der Waals surface area contributed by atoms with Crippen molar-refractivity contribution in [3.63, 3.8) is 0 Å². The Morgan fingerprint density at radius 3 is 2.86 bits per heavy atom. The fraction of sp³-hybridized carbons (Fsp3) is 0.650. The highest BCUT2D eigenvalue weighted by Crippen LogP contribution is 2.28. The average molecular weight is 384 g/mol. The van der Waals surface area contributed by atoms with E-state index >= 15 is 0 Å². The first kappa shape index (κ1) is 18.8. The number of nitrogens with zero attached hydrogens (tertiary/aromatic N) is 5. The molecule has 2 aromatic heterocycles. The fourth-order valence-corrected chi connectivity index (χ4v) is 4.04. The zero-order chi connectivity index (χ0) is 19.7. The summed E-state index contributed by atoms with van der Waals surface area (Å²) in [6.07, 6.45) is 6.73. The molecule has 150 valence electrons. The van der Waals surface area contributed by atoms with Gasteiger partial charge in [-0.3, -0.25) is 9.59 Å². The Kier molecular flexibility index (Phi) is 5.28. The third-order valence-electron chi connectivity index (χ3n) is 5.98. The summed E-state index contributed by atoms with van der Waals surface area (Å²) in [5, 5.41) is 7.26. The maximum absolute atomic E-state index is 12.8. The lowest BCUT2D eigenvalue weighted by Gasteiger charge is -2.32. The van der Waals surface area contributed by atoms with E-state index in [2.05, 4.69) is 20.4 Å². The van der Waals surface area contributed by atoms with Crippen molar-refractivity contribution in [1.82, 2.24) is 29.8 Å². The van der Waals surface area contributed by atoms with Crippen molar-refractivity contribution in [1.29, 1.82) is 0 Å². The van der Waals surface area contributed by atoms with E-state index in [9.17, 15) is 9.59 Å². The van der Waals surface area contributed by atoms with Crippen LogP contribution in [0.15, 0.2) is 6.33 Å². The number of nitrogens with one attached hydrogen (secondary N) is 1. The summed E-state index contributed by atoms with van der Waals surface area (Å²) >= 11 is 0. The topological polar surface area (TPSA) is 92.5 Å². The second-order valence-corrected chi connectivity index (χ2v) is 8.10. The second-order valence-electron chi connectivity index (χ2n) is 8.10. The van der Waals surface area contributed by atoms with E-state index in [0.29, 0.717) is 31.1 Å². The van der Waals surface area contributed by atoms with Gasteiger partial charge in [-0.25, -0.2) is 9.50 Å². The molecule has 8 heteroatoms. The Bertz CT molecular complexity index is 888. The van der Waals surface area contributed by atoms with E-state index in [-0.39, 0.29) is 17.7 Å². The molecule has 0 bridgehead atoms. The minimum Gasteiger partial charge on any atom is -0.356 e. The predicted molar refractivity (Wildman–Crippen MR) is 104 cm³/mol. The van der Waals surface area contributed by atoms with Gasteiger partial charge in [0.25, 0.3) is 5.78 Å². The number of hydrogen-bond donors (Lipinski definition) is 1. The lowest BCUT2D eigenvalue weighted by molar-refractivity contribution is -0.135. The van der Waals surface area contributed by atoms with Crippen molar-refractivity contribution < 1.29 is 9.59 Å². The summed E-state index contributed by atoms with van der Waals surface area (Å²) in [6.45, 7) is 6.00. The summed E-state index contributed by atoms with van der Waals surface area (Å²) in [5.74, 6) is 1.40. The van der Waals surface area contributed by atoms with Gasteiger partial charge in [0.15, 0.2) is 0 Å². The van der Waals surface area contributed by atoms with Gasteiger partial charge < -0.3 is 10.2 Å². The molecule has 0 unspecified atom stereocenters. The number of rotatable bonds is 6. The van der Waals surface area contributed by atoms with E-state index in [0.717, 1.165) is 42.9 Å². The van der Waals surface area contributed by atoms with Gasteiger partial charge >= 0.3 is 0 Å². The number of carbonyl (C=O) groups is 2. The van der Waals surface area contributed by atoms with Gasteiger partial charge in [0, 0.05) is 37.4 Å². The minimum absolute atomic E-state index is 0.0758. The van der Waals surface area contributed by atoms with Gasteiger partial charge in [0.1, 0.15) is 6.33 Å². The smallest absolute Gasteiger partial charge is 0.252 e. The SMILES string of the molecule is Cc1nc2ncnn2c(C)c1CCC(=O)N1CCC[C@H](C(=O)NCC2CC2)C1. The van der Waals surface area contributed by atoms with Crippen LogP contribution >= 0.6 is 0 Å². The lowest BCUT2D eigenvalue weighted by Crippen LogP contribution is -2.45. The third kappa shape index (κ3) is 4.00. The van der Waals surface area contributed by atoms with E-state index in [1.54, 1.807) is 4.52 Å². The Morgan fingerprint density at radius 2 is 2.07 bits per heavy atom. The first-order valence-electron chi connectivity index (χ1n) is 10.2. The number of likely N-dealkylation sites (tertiary alicyclic amines) is 1. The van der Waals surface area contributed by atoms with E-state index in [4.69, 9.17) is 0 Å². The molecule has 1 saturated carbocycles. The number of piperidine rings is 1. The summed E-state index contributed by atoms with van der Waals surface area (Å²) in [5.41, 5.74) is 2.91. The molecule has 4 rings (SSSR count). The van der Waals surface area contributed by atoms with Crippen LogP contribution in [-0.4, -0.2) is 55.9 Å². The van der Waals surface area contributed by atoms with E-state index in [1.165, 1.54) is 19.2 Å². The highest BCUT2D eigenvalue weighted by Gasteiger charge is 2.29. The number of amides is 2. The molecule has 8 nitrogen and oxygen atoms in total. The number of hydrogen-bond acceptors (Lipinski definition) is 5. The highest BCUT2D eigenvalue weighted by molar-refractivity contribution is 5.81. The van der Waals surface area contributed by atoms with Crippen molar-refractivity contribution in [2.24, 2.45) is 11.8 Å². The molecule has 1 atom stereocenters. The van der Waals surface area contributed by atoms with Crippen molar-refractivity contribution >= 4 is 17.6 Å². The van der Waals surface area contributed by atoms with Crippen LogP contribution in [0, 0.1) is 25.7 Å². The van der Waals surface area contributed by atoms with Crippen molar-refractivity contribution in [2.45, 2.75) is 52.4 Å². The van der Waals surface area contributed by atoms with Gasteiger partial charge in [0.2, 0.25) is 11.8 Å². The van der Waals surface area contributed by atoms with Crippen molar-refractivity contribution in [3.8, 4) is 0 Å². The van der Waals surface area contributed by atoms with Crippen LogP contribution in [-0.2, 0) is 16.0 Å². The van der Waals surface area contributed by atoms with Crippen LogP contribution in [0.25, 0.3) is 5.78 Å². The molecule has 2 aliphatic rings. The molecule has 3 heterocycles. The second kappa shape index (κ2) is 7.85. The zero-order valence-corrected chi connectivity index (χ0v) is 16.6. The lowest BCUT2D eigenvalue weighted by atomic mass is 9.96. The van der Waals surface area contributed by atoms with Crippen LogP contribution in [0.4, 0.5) is 0 Å². The molecule has 1 aliphatic carbocycles. The molecule has 1 saturated heterocycles. The molecule has 2 aromatic rings. The van der Waals surface area contributed by atoms with E-state index in [1.807, 2.05) is 18.7 Å². The first-order chi connectivity index (χ1) is 13.5. The molecular weight excluding hydrogens is 356 g/mol. The molecule has 0 radical (unpaired) electrons. The predicted octanol–water partition coefficient (Wildman–Crippen LogP) is 1.44. The Hall–Kier alpha value is -2.51. The highest BCUT2D eigenvalue weighted by atomic mass is 16.2. The number of fused-ring (bicyclic) bond motifs is 1. The molecule has 1 N–H and O–H groups in total. The molecule has 28 heavy (non-hydrogen) atoms. The number of aromatic nitrogens is 4. The zero-order valence-electron chi connectivity index (χ0n) is 16.6. The van der Waals surface area contributed by atoms with Gasteiger partial charge in [-0.1, -0.05) is 0 Å². The number of aryl methyl sites for hydroxylation is 2. The van der Waals surface area contributed by atoms with Gasteiger partial charge in [-0.05, 0) is 57.4 Å². The molecule has 2 fully saturated rings. The summed E-state index contributed by atoms with van der Waals surface area (Å²) in [7, 11) is 0. The van der Waals surface area contributed by atoms with Crippen LogP contribution < -0.4 is 5.32 Å². The van der Waals surface area contributed by atoms with Crippen LogP contribution in [0.2, 0.25) is 0 Å². The molecular formula is C20H28N6O2. The van der Waals surface area contributed by atoms with Crippen LogP contribution in [0.3, 0.4) is 0 Å². The Labute approximate surface area is 164 Å². The summed E-state index contributed by atoms with van der Waals surface area (Å²) in [4.78, 5) is 35.6. The molecule has 1 aliphatic heterocycles. The maximum Gasteiger partial charge on any atom is 0.252 e. The average Bonchev–Trinajstić information content (AvgIpc) is 3.41. The molecule has 2 amide bonds. The van der Waals surface area contributed by atoms with Gasteiger partial charge in [0.05, 0.1) is 5.92 Å². The van der Waals surface area contributed by atoms with Crippen LogP contribution in [0.5, 0.6) is 0 Å². The van der Waals surface area contributed by atoms with Crippen molar-refractivity contribution in [3.05, 3.63) is 23.3 Å². The number of carbonyl (C=O) groups excluding carboxylic acids is 2. The molecule has 0 aromatic carbocycles. The molecule has 0 spiro atoms. The van der Waals surface area contributed by atoms with Gasteiger partial charge in [-0.15, -0.1) is 0 Å². The fourth-order valence-electron chi connectivity index (χ4n) is 4.04. The minimum atomic E-state index is -0.0758. The monoisotopic (exact) mass is 384 g/mol. The standard InChI is InChI=1S/C20H28N6O2/c1-13-17(14(2)26-20(24-13)22-12-23-26)7-8-18(27)25-9-3-4-16(11-25)19(28)21-10-15-5-6-15/h12,15-16H,3-11H2,1-2H3,(H,21,28)/t16-/m0/s1. The largest absolute Gasteiger partial charge is 0.356 e. The summed E-state index contributed by atoms with van der Waals surface area (Å²) < 4.78 is 1.72. The van der Waals surface area contributed by atoms with Crippen LogP contribution in [0.1, 0.15) is 49.1 Å². The quantitative estimate of drug-likeness (QED) is 0.814. The van der Waals surface area contributed by atoms with E-state index < -0.39 is 0 Å². The van der Waals surface area contributed by atoms with Crippen molar-refractivity contribution in [2.75, 3.05) is 19.6 Å². The normalized spacial score (nSPS) is 19.8. The Morgan fingerprint density at radius 1 is 1.25 bits per heavy atom. The third-order valence-corrected chi connectivity index (χ3v) is 5.98. The first-order valence-corrected chi connectivity index (χ1v) is 10.2. The summed E-state index contributed by atoms with van der Waals surface area (Å²) in [6, 6.07) is 0. The van der Waals surface area contributed by atoms with Gasteiger partial charge in [-0.2, -0.15) is 10.1 Å². The maximum atomic E-state index is 12.8.